The van der Waals surface area contributed by atoms with Crippen molar-refractivity contribution >= 4 is 23.5 Å². The highest BCUT2D eigenvalue weighted by molar-refractivity contribution is 6.17. The maximum atomic E-state index is 11.3. The molecular formula is C10H18ClNO3. The Hall–Kier alpha value is -0.770. The quantitative estimate of drug-likeness (QED) is 0.659. The van der Waals surface area contributed by atoms with Gasteiger partial charge in [-0.25, -0.2) is 4.79 Å². The van der Waals surface area contributed by atoms with Gasteiger partial charge in [0.2, 0.25) is 5.91 Å². The summed E-state index contributed by atoms with van der Waals surface area (Å²) in [5.41, 5.74) is 0. The van der Waals surface area contributed by atoms with Crippen molar-refractivity contribution in [1.82, 2.24) is 5.32 Å². The summed E-state index contributed by atoms with van der Waals surface area (Å²) < 4.78 is 0. The number of carboxylic acid groups (broad SMARTS) is 1. The largest absolute Gasteiger partial charge is 0.480 e. The minimum atomic E-state index is -0.983. The van der Waals surface area contributed by atoms with Crippen LogP contribution in [0.5, 0.6) is 0 Å². The van der Waals surface area contributed by atoms with Gasteiger partial charge in [-0.15, -0.1) is 11.6 Å². The zero-order valence-electron chi connectivity index (χ0n) is 9.12. The van der Waals surface area contributed by atoms with Crippen LogP contribution < -0.4 is 5.32 Å². The Morgan fingerprint density at radius 2 is 2.00 bits per heavy atom. The summed E-state index contributed by atoms with van der Waals surface area (Å²) in [4.78, 5) is 22.1. The molecule has 0 aromatic rings. The van der Waals surface area contributed by atoms with Crippen molar-refractivity contribution in [3.05, 3.63) is 0 Å². The van der Waals surface area contributed by atoms with Crippen LogP contribution in [-0.2, 0) is 9.59 Å². The number of carbonyl (C=O) groups is 2. The van der Waals surface area contributed by atoms with Gasteiger partial charge in [-0.1, -0.05) is 13.8 Å². The molecule has 0 radical (unpaired) electrons. The van der Waals surface area contributed by atoms with Crippen LogP contribution in [0, 0.1) is 5.92 Å². The van der Waals surface area contributed by atoms with Gasteiger partial charge < -0.3 is 10.4 Å². The lowest BCUT2D eigenvalue weighted by atomic mass is 10.0. The Morgan fingerprint density at radius 3 is 2.40 bits per heavy atom. The average molecular weight is 236 g/mol. The molecule has 0 aliphatic heterocycles. The highest BCUT2D eigenvalue weighted by Gasteiger charge is 2.20. The van der Waals surface area contributed by atoms with Crippen molar-refractivity contribution in [2.75, 3.05) is 5.88 Å². The molecule has 15 heavy (non-hydrogen) atoms. The van der Waals surface area contributed by atoms with Gasteiger partial charge in [-0.05, 0) is 18.8 Å². The van der Waals surface area contributed by atoms with Gasteiger partial charge in [0.25, 0.3) is 0 Å². The van der Waals surface area contributed by atoms with Gasteiger partial charge in [-0.3, -0.25) is 4.79 Å². The normalized spacial score (nSPS) is 12.5. The minimum absolute atomic E-state index is 0.236. The highest BCUT2D eigenvalue weighted by Crippen LogP contribution is 2.05. The molecule has 0 aromatic heterocycles. The molecule has 5 heteroatoms. The second-order valence-corrected chi connectivity index (χ2v) is 4.26. The van der Waals surface area contributed by atoms with E-state index in [1.54, 1.807) is 0 Å². The van der Waals surface area contributed by atoms with E-state index in [1.165, 1.54) is 0 Å². The maximum Gasteiger partial charge on any atom is 0.326 e. The number of carbonyl (C=O) groups excluding carboxylic acids is 1. The predicted molar refractivity (Wildman–Crippen MR) is 59.0 cm³/mol. The number of halogens is 1. The first-order valence-corrected chi connectivity index (χ1v) is 5.59. The zero-order valence-corrected chi connectivity index (χ0v) is 9.88. The second-order valence-electron chi connectivity index (χ2n) is 3.88. The van der Waals surface area contributed by atoms with E-state index in [1.807, 2.05) is 13.8 Å². The van der Waals surface area contributed by atoms with Crippen molar-refractivity contribution in [3.8, 4) is 0 Å². The first kappa shape index (κ1) is 14.2. The zero-order chi connectivity index (χ0) is 11.8. The molecule has 0 rings (SSSR count). The van der Waals surface area contributed by atoms with E-state index in [4.69, 9.17) is 16.7 Å². The molecule has 0 heterocycles. The molecule has 1 atom stereocenters. The summed E-state index contributed by atoms with van der Waals surface area (Å²) in [5.74, 6) is -0.582. The third kappa shape index (κ3) is 7.19. The number of amides is 1. The fourth-order valence-electron chi connectivity index (χ4n) is 1.19. The third-order valence-electron chi connectivity index (χ3n) is 1.88. The van der Waals surface area contributed by atoms with E-state index in [0.29, 0.717) is 18.7 Å². The van der Waals surface area contributed by atoms with Crippen molar-refractivity contribution in [3.63, 3.8) is 0 Å². The van der Waals surface area contributed by atoms with Gasteiger partial charge in [-0.2, -0.15) is 0 Å². The molecule has 0 fully saturated rings. The number of alkyl halides is 1. The Morgan fingerprint density at radius 1 is 1.40 bits per heavy atom. The smallest absolute Gasteiger partial charge is 0.326 e. The summed E-state index contributed by atoms with van der Waals surface area (Å²) >= 11 is 5.43. The Balaban J connectivity index is 4.05. The lowest BCUT2D eigenvalue weighted by Gasteiger charge is -2.16. The van der Waals surface area contributed by atoms with Crippen LogP contribution in [0.3, 0.4) is 0 Å². The average Bonchev–Trinajstić information content (AvgIpc) is 2.12. The number of aliphatic carboxylic acids is 1. The van der Waals surface area contributed by atoms with Crippen molar-refractivity contribution in [2.24, 2.45) is 5.92 Å². The molecule has 4 nitrogen and oxygen atoms in total. The highest BCUT2D eigenvalue weighted by atomic mass is 35.5. The molecule has 1 amide bonds. The second kappa shape index (κ2) is 7.51. The van der Waals surface area contributed by atoms with Crippen LogP contribution in [0.25, 0.3) is 0 Å². The third-order valence-corrected chi connectivity index (χ3v) is 2.15. The topological polar surface area (TPSA) is 66.4 Å². The molecule has 0 aromatic carbocycles. The first-order valence-electron chi connectivity index (χ1n) is 5.05. The lowest BCUT2D eigenvalue weighted by Crippen LogP contribution is -2.41. The van der Waals surface area contributed by atoms with Crippen LogP contribution in [0.2, 0.25) is 0 Å². The Labute approximate surface area is 95.0 Å². The summed E-state index contributed by atoms with van der Waals surface area (Å²) in [6.07, 6.45) is 1.30. The van der Waals surface area contributed by atoms with Crippen molar-refractivity contribution in [1.29, 1.82) is 0 Å². The first-order chi connectivity index (χ1) is 6.97. The van der Waals surface area contributed by atoms with Crippen molar-refractivity contribution in [2.45, 2.75) is 39.2 Å². The van der Waals surface area contributed by atoms with Gasteiger partial charge >= 0.3 is 5.97 Å². The number of rotatable bonds is 7. The van der Waals surface area contributed by atoms with E-state index in [0.717, 1.165) is 0 Å². The van der Waals surface area contributed by atoms with E-state index in [-0.39, 0.29) is 18.2 Å². The van der Waals surface area contributed by atoms with E-state index in [2.05, 4.69) is 5.32 Å². The molecule has 0 aliphatic carbocycles. The fraction of sp³-hybridized carbons (Fsp3) is 0.800. The maximum absolute atomic E-state index is 11.3. The summed E-state index contributed by atoms with van der Waals surface area (Å²) in [7, 11) is 0. The summed E-state index contributed by atoms with van der Waals surface area (Å²) in [6.45, 7) is 3.84. The predicted octanol–water partition coefficient (Wildman–Crippen LogP) is 1.62. The van der Waals surface area contributed by atoms with Gasteiger partial charge in [0.1, 0.15) is 6.04 Å². The molecule has 0 bridgehead atoms. The minimum Gasteiger partial charge on any atom is -0.480 e. The van der Waals surface area contributed by atoms with E-state index >= 15 is 0 Å². The van der Waals surface area contributed by atoms with Crippen LogP contribution in [0.15, 0.2) is 0 Å². The SMILES string of the molecule is CC(C)CC(NC(=O)CCCCl)C(=O)O. The molecule has 0 saturated heterocycles. The molecule has 1 unspecified atom stereocenters. The molecule has 2 N–H and O–H groups in total. The number of carboxylic acids is 1. The van der Waals surface area contributed by atoms with Crippen LogP contribution in [0.4, 0.5) is 0 Å². The van der Waals surface area contributed by atoms with Crippen LogP contribution in [0.1, 0.15) is 33.1 Å². The molecular weight excluding hydrogens is 218 g/mol. The van der Waals surface area contributed by atoms with Crippen molar-refractivity contribution < 1.29 is 14.7 Å². The monoisotopic (exact) mass is 235 g/mol. The van der Waals surface area contributed by atoms with Gasteiger partial charge in [0.05, 0.1) is 0 Å². The van der Waals surface area contributed by atoms with Gasteiger partial charge in [0, 0.05) is 12.3 Å². The van der Waals surface area contributed by atoms with E-state index in [9.17, 15) is 9.59 Å². The number of hydrogen-bond donors (Lipinski definition) is 2. The molecule has 0 saturated carbocycles. The van der Waals surface area contributed by atoms with Crippen LogP contribution in [-0.4, -0.2) is 28.9 Å². The number of nitrogens with one attached hydrogen (secondary N) is 1. The number of hydrogen-bond acceptors (Lipinski definition) is 2. The lowest BCUT2D eigenvalue weighted by molar-refractivity contribution is -0.142. The van der Waals surface area contributed by atoms with Gasteiger partial charge in [0.15, 0.2) is 0 Å². The molecule has 0 aliphatic rings. The van der Waals surface area contributed by atoms with Crippen LogP contribution >= 0.6 is 11.6 Å². The van der Waals surface area contributed by atoms with E-state index < -0.39 is 12.0 Å². The molecule has 0 spiro atoms. The summed E-state index contributed by atoms with van der Waals surface area (Å²) in [6, 6.07) is -0.784. The summed E-state index contributed by atoms with van der Waals surface area (Å²) in [5, 5.41) is 11.3. The Kier molecular flexibility index (Phi) is 7.13. The fourth-order valence-corrected chi connectivity index (χ4v) is 1.32. The standard InChI is InChI=1S/C10H18ClNO3/c1-7(2)6-8(10(14)15)12-9(13)4-3-5-11/h7-8H,3-6H2,1-2H3,(H,12,13)(H,14,15). The Bertz CT molecular complexity index is 219. The molecule has 88 valence electrons.